The third-order valence-electron chi connectivity index (χ3n) is 2.99. The highest BCUT2D eigenvalue weighted by molar-refractivity contribution is 8.00. The average Bonchev–Trinajstić information content (AvgIpc) is 2.51. The maximum Gasteiger partial charge on any atom is 0.237 e. The van der Waals surface area contributed by atoms with Crippen LogP contribution in [-0.4, -0.2) is 17.1 Å². The summed E-state index contributed by atoms with van der Waals surface area (Å²) < 4.78 is 13.5. The van der Waals surface area contributed by atoms with E-state index < -0.39 is 5.82 Å². The van der Waals surface area contributed by atoms with E-state index in [-0.39, 0.29) is 22.8 Å². The Bertz CT molecular complexity index is 704. The van der Waals surface area contributed by atoms with Crippen molar-refractivity contribution in [1.29, 1.82) is 0 Å². The second-order valence-corrected chi connectivity index (χ2v) is 6.35. The maximum absolute atomic E-state index is 13.5. The molecule has 1 unspecified atom stereocenters. The zero-order valence-corrected chi connectivity index (χ0v) is 13.6. The molecule has 6 heteroatoms. The van der Waals surface area contributed by atoms with E-state index in [1.165, 1.54) is 30.8 Å². The van der Waals surface area contributed by atoms with E-state index >= 15 is 0 Å². The first-order chi connectivity index (χ1) is 11.0. The van der Waals surface area contributed by atoms with Gasteiger partial charge in [-0.15, -0.1) is 11.8 Å². The quantitative estimate of drug-likeness (QED) is 0.816. The highest BCUT2D eigenvalue weighted by Gasteiger charge is 2.16. The molecule has 0 bridgehead atoms. The number of halogens is 1. The topological polar surface area (TPSA) is 58.2 Å². The SMILES string of the molecule is CC(=O)Nc1ccc(SC(C)C(=O)Nc2ccccc2F)cc1. The summed E-state index contributed by atoms with van der Waals surface area (Å²) in [5.74, 6) is -0.869. The third-order valence-corrected chi connectivity index (χ3v) is 4.10. The average molecular weight is 332 g/mol. The molecule has 0 heterocycles. The summed E-state index contributed by atoms with van der Waals surface area (Å²) in [6.45, 7) is 3.19. The Morgan fingerprint density at radius 1 is 1.04 bits per heavy atom. The zero-order valence-electron chi connectivity index (χ0n) is 12.8. The van der Waals surface area contributed by atoms with Crippen molar-refractivity contribution in [2.45, 2.75) is 24.0 Å². The van der Waals surface area contributed by atoms with E-state index in [2.05, 4.69) is 10.6 Å². The zero-order chi connectivity index (χ0) is 16.8. The van der Waals surface area contributed by atoms with E-state index in [9.17, 15) is 14.0 Å². The molecule has 2 aromatic rings. The van der Waals surface area contributed by atoms with Gasteiger partial charge in [0.15, 0.2) is 0 Å². The van der Waals surface area contributed by atoms with E-state index in [4.69, 9.17) is 0 Å². The molecular formula is C17H17FN2O2S. The molecule has 1 atom stereocenters. The van der Waals surface area contributed by atoms with Crippen molar-refractivity contribution in [3.05, 3.63) is 54.3 Å². The molecule has 23 heavy (non-hydrogen) atoms. The van der Waals surface area contributed by atoms with Crippen LogP contribution in [0.1, 0.15) is 13.8 Å². The molecule has 0 saturated heterocycles. The minimum Gasteiger partial charge on any atom is -0.326 e. The highest BCUT2D eigenvalue weighted by atomic mass is 32.2. The fraction of sp³-hybridized carbons (Fsp3) is 0.176. The van der Waals surface area contributed by atoms with Crippen molar-refractivity contribution in [2.75, 3.05) is 10.6 Å². The number of rotatable bonds is 5. The van der Waals surface area contributed by atoms with E-state index in [0.717, 1.165) is 4.90 Å². The number of thioether (sulfide) groups is 1. The van der Waals surface area contributed by atoms with Gasteiger partial charge in [0.1, 0.15) is 5.82 Å². The Morgan fingerprint density at radius 3 is 2.30 bits per heavy atom. The molecule has 2 rings (SSSR count). The molecular weight excluding hydrogens is 315 g/mol. The summed E-state index contributed by atoms with van der Waals surface area (Å²) in [5.41, 5.74) is 0.872. The minimum atomic E-state index is -0.460. The fourth-order valence-corrected chi connectivity index (χ4v) is 2.74. The monoisotopic (exact) mass is 332 g/mol. The van der Waals surface area contributed by atoms with Gasteiger partial charge in [-0.1, -0.05) is 12.1 Å². The molecule has 0 fully saturated rings. The molecule has 2 N–H and O–H groups in total. The lowest BCUT2D eigenvalue weighted by Crippen LogP contribution is -2.22. The molecule has 2 aromatic carbocycles. The smallest absolute Gasteiger partial charge is 0.237 e. The van der Waals surface area contributed by atoms with Gasteiger partial charge in [-0.05, 0) is 43.3 Å². The fourth-order valence-electron chi connectivity index (χ4n) is 1.87. The van der Waals surface area contributed by atoms with Gasteiger partial charge in [0.2, 0.25) is 11.8 Å². The molecule has 0 radical (unpaired) electrons. The Balaban J connectivity index is 1.95. The van der Waals surface area contributed by atoms with Gasteiger partial charge in [-0.25, -0.2) is 4.39 Å². The molecule has 0 aliphatic heterocycles. The predicted molar refractivity (Wildman–Crippen MR) is 91.1 cm³/mol. The number of para-hydroxylation sites is 1. The largest absolute Gasteiger partial charge is 0.326 e. The van der Waals surface area contributed by atoms with E-state index in [1.807, 2.05) is 12.1 Å². The highest BCUT2D eigenvalue weighted by Crippen LogP contribution is 2.26. The second kappa shape index (κ2) is 7.78. The number of anilines is 2. The van der Waals surface area contributed by atoms with Crippen LogP contribution in [0.15, 0.2) is 53.4 Å². The van der Waals surface area contributed by atoms with Gasteiger partial charge in [0.25, 0.3) is 0 Å². The van der Waals surface area contributed by atoms with Gasteiger partial charge >= 0.3 is 0 Å². The number of nitrogens with one attached hydrogen (secondary N) is 2. The van der Waals surface area contributed by atoms with Gasteiger partial charge in [0.05, 0.1) is 10.9 Å². The lowest BCUT2D eigenvalue weighted by Gasteiger charge is -2.13. The predicted octanol–water partition coefficient (Wildman–Crippen LogP) is 3.90. The summed E-state index contributed by atoms with van der Waals surface area (Å²) in [5, 5.41) is 4.87. The van der Waals surface area contributed by atoms with Crippen molar-refractivity contribution in [3.63, 3.8) is 0 Å². The van der Waals surface area contributed by atoms with Crippen LogP contribution in [0.25, 0.3) is 0 Å². The maximum atomic E-state index is 13.5. The molecule has 4 nitrogen and oxygen atoms in total. The molecule has 0 saturated carbocycles. The van der Waals surface area contributed by atoms with E-state index in [0.29, 0.717) is 5.69 Å². The standard InChI is InChI=1S/C17H17FN2O2S/c1-11(17(22)20-16-6-4-3-5-15(16)18)23-14-9-7-13(8-10-14)19-12(2)21/h3-11H,1-2H3,(H,19,21)(H,20,22). The van der Waals surface area contributed by atoms with Crippen molar-refractivity contribution in [3.8, 4) is 0 Å². The van der Waals surface area contributed by atoms with Crippen LogP contribution in [0.4, 0.5) is 15.8 Å². The van der Waals surface area contributed by atoms with Crippen LogP contribution in [-0.2, 0) is 9.59 Å². The first-order valence-electron chi connectivity index (χ1n) is 7.05. The van der Waals surface area contributed by atoms with Gasteiger partial charge in [0, 0.05) is 17.5 Å². The molecule has 0 aliphatic carbocycles. The molecule has 0 aliphatic rings. The van der Waals surface area contributed by atoms with Crippen LogP contribution < -0.4 is 10.6 Å². The number of benzene rings is 2. The van der Waals surface area contributed by atoms with Crippen molar-refractivity contribution in [2.24, 2.45) is 0 Å². The minimum absolute atomic E-state index is 0.136. The van der Waals surface area contributed by atoms with Crippen molar-refractivity contribution < 1.29 is 14.0 Å². The Kier molecular flexibility index (Phi) is 5.76. The number of amides is 2. The van der Waals surface area contributed by atoms with Crippen molar-refractivity contribution in [1.82, 2.24) is 0 Å². The van der Waals surface area contributed by atoms with Gasteiger partial charge < -0.3 is 10.6 Å². The normalized spacial score (nSPS) is 11.6. The van der Waals surface area contributed by atoms with Crippen LogP contribution >= 0.6 is 11.8 Å². The first kappa shape index (κ1) is 17.0. The third kappa shape index (κ3) is 5.10. The number of carbonyl (C=O) groups is 2. The molecule has 0 spiro atoms. The lowest BCUT2D eigenvalue weighted by atomic mass is 10.3. The summed E-state index contributed by atoms with van der Waals surface area (Å²) in [6, 6.07) is 13.2. The number of hydrogen-bond acceptors (Lipinski definition) is 3. The Labute approximate surface area is 138 Å². The summed E-state index contributed by atoms with van der Waals surface area (Å²) in [6.07, 6.45) is 0. The van der Waals surface area contributed by atoms with Crippen LogP contribution in [0.5, 0.6) is 0 Å². The van der Waals surface area contributed by atoms with E-state index in [1.54, 1.807) is 31.2 Å². The second-order valence-electron chi connectivity index (χ2n) is 4.93. The Morgan fingerprint density at radius 2 is 1.70 bits per heavy atom. The summed E-state index contributed by atoms with van der Waals surface area (Å²) in [4.78, 5) is 24.0. The van der Waals surface area contributed by atoms with Crippen LogP contribution in [0.2, 0.25) is 0 Å². The lowest BCUT2D eigenvalue weighted by molar-refractivity contribution is -0.115. The van der Waals surface area contributed by atoms with Gasteiger partial charge in [-0.2, -0.15) is 0 Å². The molecule has 2 amide bonds. The summed E-state index contributed by atoms with van der Waals surface area (Å²) in [7, 11) is 0. The molecule has 120 valence electrons. The van der Waals surface area contributed by atoms with Crippen LogP contribution in [0.3, 0.4) is 0 Å². The number of carbonyl (C=O) groups excluding carboxylic acids is 2. The van der Waals surface area contributed by atoms with Gasteiger partial charge in [-0.3, -0.25) is 9.59 Å². The number of hydrogen-bond donors (Lipinski definition) is 2. The summed E-state index contributed by atoms with van der Waals surface area (Å²) >= 11 is 1.36. The van der Waals surface area contributed by atoms with Crippen molar-refractivity contribution >= 4 is 35.0 Å². The Hall–Kier alpha value is -2.34. The first-order valence-corrected chi connectivity index (χ1v) is 7.93. The van der Waals surface area contributed by atoms with Crippen LogP contribution in [0, 0.1) is 5.82 Å². The molecule has 0 aromatic heterocycles.